The van der Waals surface area contributed by atoms with Gasteiger partial charge in [0.2, 0.25) is 5.91 Å². The maximum atomic E-state index is 13.3. The summed E-state index contributed by atoms with van der Waals surface area (Å²) < 4.78 is 15.4. The fourth-order valence-electron chi connectivity index (χ4n) is 2.94. The van der Waals surface area contributed by atoms with Crippen molar-refractivity contribution in [3.8, 4) is 11.5 Å². The quantitative estimate of drug-likeness (QED) is 0.427. The van der Waals surface area contributed by atoms with Crippen LogP contribution in [0.5, 0.6) is 11.5 Å². The van der Waals surface area contributed by atoms with Gasteiger partial charge in [-0.2, -0.15) is 0 Å². The van der Waals surface area contributed by atoms with Crippen molar-refractivity contribution in [2.45, 2.75) is 0 Å². The number of carbonyl (C=O) groups excluding carboxylic acids is 2. The molecule has 0 saturated heterocycles. The van der Waals surface area contributed by atoms with Gasteiger partial charge < -0.3 is 19.5 Å². The van der Waals surface area contributed by atoms with E-state index in [0.717, 1.165) is 17.3 Å². The minimum atomic E-state index is -0.322. The number of hydrogen-bond donors (Lipinski definition) is 1. The molecule has 0 aliphatic carbocycles. The van der Waals surface area contributed by atoms with E-state index in [-0.39, 0.29) is 23.3 Å². The van der Waals surface area contributed by atoms with Gasteiger partial charge in [0, 0.05) is 19.7 Å². The van der Waals surface area contributed by atoms with Gasteiger partial charge in [-0.15, -0.1) is 0 Å². The minimum absolute atomic E-state index is 0.0901. The topological polar surface area (TPSA) is 89.5 Å². The summed E-state index contributed by atoms with van der Waals surface area (Å²) in [7, 11) is 4.65. The molecule has 2 amide bonds. The molecule has 1 aliphatic rings. The second-order valence-electron chi connectivity index (χ2n) is 6.79. The highest BCUT2D eigenvalue weighted by molar-refractivity contribution is 8.14. The summed E-state index contributed by atoms with van der Waals surface area (Å²) in [6.07, 6.45) is 1.69. The number of ether oxygens (including phenoxy) is 3. The molecule has 8 nitrogen and oxygen atoms in total. The fourth-order valence-corrected chi connectivity index (χ4v) is 3.98. The van der Waals surface area contributed by atoms with Crippen molar-refractivity contribution in [2.75, 3.05) is 45.1 Å². The SMILES string of the molecule is COCCNC(=O)CSC1=N/C(=C\c2ccc(OC)cc2)C(=O)N1c1ccc(Cl)c(OC)c1. The molecule has 0 unspecified atom stereocenters. The third-order valence-corrected chi connectivity index (χ3v) is 5.85. The highest BCUT2D eigenvalue weighted by Gasteiger charge is 2.32. The zero-order valence-electron chi connectivity index (χ0n) is 18.5. The van der Waals surface area contributed by atoms with Crippen LogP contribution in [0.25, 0.3) is 6.08 Å². The molecule has 0 aromatic heterocycles. The molecule has 0 spiro atoms. The van der Waals surface area contributed by atoms with E-state index in [9.17, 15) is 9.59 Å². The third kappa shape index (κ3) is 6.28. The molecule has 1 aliphatic heterocycles. The average Bonchev–Trinajstić information content (AvgIpc) is 3.13. The molecule has 1 N–H and O–H groups in total. The number of amidine groups is 1. The second kappa shape index (κ2) is 11.7. The number of thioether (sulfide) groups is 1. The molecule has 3 rings (SSSR count). The van der Waals surface area contributed by atoms with Crippen LogP contribution in [0.1, 0.15) is 5.56 Å². The van der Waals surface area contributed by atoms with Gasteiger partial charge in [-0.05, 0) is 35.9 Å². The number of rotatable bonds is 9. The van der Waals surface area contributed by atoms with Crippen molar-refractivity contribution in [3.05, 3.63) is 58.7 Å². The summed E-state index contributed by atoms with van der Waals surface area (Å²) in [4.78, 5) is 31.4. The van der Waals surface area contributed by atoms with E-state index in [1.165, 1.54) is 12.0 Å². The number of aliphatic imine (C=N–C) groups is 1. The van der Waals surface area contributed by atoms with Crippen molar-refractivity contribution in [2.24, 2.45) is 4.99 Å². The maximum Gasteiger partial charge on any atom is 0.283 e. The Morgan fingerprint density at radius 1 is 1.15 bits per heavy atom. The van der Waals surface area contributed by atoms with E-state index in [4.69, 9.17) is 25.8 Å². The van der Waals surface area contributed by atoms with E-state index in [0.29, 0.717) is 40.5 Å². The zero-order chi connectivity index (χ0) is 23.8. The number of amides is 2. The van der Waals surface area contributed by atoms with E-state index in [1.807, 2.05) is 12.1 Å². The first-order valence-corrected chi connectivity index (χ1v) is 11.3. The summed E-state index contributed by atoms with van der Waals surface area (Å²) in [6.45, 7) is 0.823. The molecule has 10 heteroatoms. The van der Waals surface area contributed by atoms with Gasteiger partial charge in [0.15, 0.2) is 5.17 Å². The predicted octanol–water partition coefficient (Wildman–Crippen LogP) is 3.60. The van der Waals surface area contributed by atoms with Crippen molar-refractivity contribution in [1.29, 1.82) is 0 Å². The monoisotopic (exact) mass is 489 g/mol. The maximum absolute atomic E-state index is 13.3. The van der Waals surface area contributed by atoms with Gasteiger partial charge in [-0.3, -0.25) is 14.5 Å². The fraction of sp³-hybridized carbons (Fsp3) is 0.261. The van der Waals surface area contributed by atoms with Crippen molar-refractivity contribution in [3.63, 3.8) is 0 Å². The standard InChI is InChI=1S/C23H24ClN3O5S/c1-30-11-10-25-21(28)14-33-23-26-19(12-15-4-7-17(31-2)8-5-15)22(29)27(23)16-6-9-18(24)20(13-16)32-3/h4-9,12-13H,10-11,14H2,1-3H3,(H,25,28)/b19-12-. The van der Waals surface area contributed by atoms with Crippen LogP contribution in [0.4, 0.5) is 5.69 Å². The van der Waals surface area contributed by atoms with Crippen molar-refractivity contribution >= 4 is 52.1 Å². The number of halogens is 1. The Morgan fingerprint density at radius 2 is 1.91 bits per heavy atom. The van der Waals surface area contributed by atoms with Gasteiger partial charge >= 0.3 is 0 Å². The number of carbonyl (C=O) groups is 2. The number of nitrogens with one attached hydrogen (secondary N) is 1. The van der Waals surface area contributed by atoms with Crippen molar-refractivity contribution < 1.29 is 23.8 Å². The Bertz CT molecular complexity index is 1070. The van der Waals surface area contributed by atoms with Gasteiger partial charge in [0.25, 0.3) is 5.91 Å². The molecule has 174 valence electrons. The molecule has 0 atom stereocenters. The Balaban J connectivity index is 1.88. The Labute approximate surface area is 201 Å². The van der Waals surface area contributed by atoms with Crippen LogP contribution in [-0.2, 0) is 14.3 Å². The van der Waals surface area contributed by atoms with E-state index in [2.05, 4.69) is 10.3 Å². The number of benzene rings is 2. The lowest BCUT2D eigenvalue weighted by atomic mass is 10.2. The van der Waals surface area contributed by atoms with Crippen LogP contribution in [0.15, 0.2) is 53.2 Å². The third-order valence-electron chi connectivity index (χ3n) is 4.60. The van der Waals surface area contributed by atoms with Gasteiger partial charge in [0.05, 0.1) is 37.3 Å². The van der Waals surface area contributed by atoms with Gasteiger partial charge in [0.1, 0.15) is 17.2 Å². The van der Waals surface area contributed by atoms with Crippen LogP contribution >= 0.6 is 23.4 Å². The predicted molar refractivity (Wildman–Crippen MR) is 131 cm³/mol. The van der Waals surface area contributed by atoms with E-state index < -0.39 is 0 Å². The normalized spacial score (nSPS) is 14.4. The molecule has 0 saturated carbocycles. The largest absolute Gasteiger partial charge is 0.497 e. The smallest absolute Gasteiger partial charge is 0.283 e. The van der Waals surface area contributed by atoms with Crippen LogP contribution in [0.3, 0.4) is 0 Å². The van der Waals surface area contributed by atoms with Gasteiger partial charge in [-0.1, -0.05) is 35.5 Å². The molecular weight excluding hydrogens is 466 g/mol. The van der Waals surface area contributed by atoms with Crippen LogP contribution in [0.2, 0.25) is 5.02 Å². The summed E-state index contributed by atoms with van der Waals surface area (Å²) in [5.41, 5.74) is 1.57. The second-order valence-corrected chi connectivity index (χ2v) is 8.14. The van der Waals surface area contributed by atoms with Crippen LogP contribution in [0, 0.1) is 0 Å². The minimum Gasteiger partial charge on any atom is -0.497 e. The zero-order valence-corrected chi connectivity index (χ0v) is 20.0. The van der Waals surface area contributed by atoms with E-state index >= 15 is 0 Å². The number of hydrogen-bond acceptors (Lipinski definition) is 7. The summed E-state index contributed by atoms with van der Waals surface area (Å²) in [5, 5.41) is 3.56. The summed E-state index contributed by atoms with van der Waals surface area (Å²) in [5.74, 6) is 0.721. The first kappa shape index (κ1) is 24.6. The number of anilines is 1. The Morgan fingerprint density at radius 3 is 2.58 bits per heavy atom. The molecular formula is C23H24ClN3O5S. The first-order chi connectivity index (χ1) is 16.0. The lowest BCUT2D eigenvalue weighted by Gasteiger charge is -2.19. The molecule has 33 heavy (non-hydrogen) atoms. The molecule has 1 heterocycles. The Kier molecular flexibility index (Phi) is 8.76. The first-order valence-electron chi connectivity index (χ1n) is 9.97. The van der Waals surface area contributed by atoms with Crippen LogP contribution < -0.4 is 19.7 Å². The van der Waals surface area contributed by atoms with Crippen LogP contribution in [-0.4, -0.2) is 57.2 Å². The lowest BCUT2D eigenvalue weighted by molar-refractivity contribution is -0.118. The summed E-state index contributed by atoms with van der Waals surface area (Å²) >= 11 is 7.31. The molecule has 2 aromatic carbocycles. The molecule has 0 fully saturated rings. The Hall–Kier alpha value is -3.01. The summed E-state index contributed by atoms with van der Waals surface area (Å²) in [6, 6.07) is 12.3. The molecule has 2 aromatic rings. The lowest BCUT2D eigenvalue weighted by Crippen LogP contribution is -2.33. The number of methoxy groups -OCH3 is 3. The highest BCUT2D eigenvalue weighted by atomic mass is 35.5. The van der Waals surface area contributed by atoms with E-state index in [1.54, 1.807) is 50.6 Å². The van der Waals surface area contributed by atoms with Crippen molar-refractivity contribution in [1.82, 2.24) is 5.32 Å². The highest BCUT2D eigenvalue weighted by Crippen LogP contribution is 2.34. The number of nitrogens with zero attached hydrogens (tertiary/aromatic N) is 2. The molecule has 0 radical (unpaired) electrons. The van der Waals surface area contributed by atoms with Gasteiger partial charge in [-0.25, -0.2) is 4.99 Å². The molecule has 0 bridgehead atoms. The average molecular weight is 490 g/mol.